The first-order valence-electron chi connectivity index (χ1n) is 5.89. The molecular weight excluding hydrogens is 288 g/mol. The van der Waals surface area contributed by atoms with Crippen LogP contribution in [0.1, 0.15) is 23.3 Å². The standard InChI is InChI=1S/C11H14N2O6S/c1-19-11(16)8-5-7(6-12-8)20(17,18)13-4-2-3-9(13)10(14)15/h5-6,9,12H,2-4H2,1H3,(H,14,15)/t9-/m0/s1. The molecule has 2 heterocycles. The van der Waals surface area contributed by atoms with Gasteiger partial charge in [0.15, 0.2) is 0 Å². The second kappa shape index (κ2) is 5.25. The van der Waals surface area contributed by atoms with E-state index in [4.69, 9.17) is 5.11 Å². The molecule has 2 rings (SSSR count). The van der Waals surface area contributed by atoms with Gasteiger partial charge in [-0.1, -0.05) is 0 Å². The Morgan fingerprint density at radius 1 is 1.50 bits per heavy atom. The smallest absolute Gasteiger partial charge is 0.354 e. The Morgan fingerprint density at radius 2 is 2.20 bits per heavy atom. The molecule has 20 heavy (non-hydrogen) atoms. The molecule has 0 aliphatic carbocycles. The predicted molar refractivity (Wildman–Crippen MR) is 66.7 cm³/mol. The molecule has 1 aromatic heterocycles. The van der Waals surface area contributed by atoms with Crippen LogP contribution in [0.2, 0.25) is 0 Å². The van der Waals surface area contributed by atoms with Gasteiger partial charge in [0.25, 0.3) is 0 Å². The van der Waals surface area contributed by atoms with Crippen molar-refractivity contribution in [3.05, 3.63) is 18.0 Å². The molecule has 0 bridgehead atoms. The number of rotatable bonds is 4. The fourth-order valence-electron chi connectivity index (χ4n) is 2.16. The molecular formula is C11H14N2O6S. The van der Waals surface area contributed by atoms with Crippen molar-refractivity contribution < 1.29 is 27.9 Å². The first kappa shape index (κ1) is 14.5. The van der Waals surface area contributed by atoms with Gasteiger partial charge in [0.05, 0.1) is 7.11 Å². The molecule has 0 aromatic carbocycles. The molecule has 9 heteroatoms. The molecule has 1 saturated heterocycles. The summed E-state index contributed by atoms with van der Waals surface area (Å²) in [7, 11) is -2.76. The van der Waals surface area contributed by atoms with E-state index in [2.05, 4.69) is 9.72 Å². The Morgan fingerprint density at radius 3 is 2.80 bits per heavy atom. The van der Waals surface area contributed by atoms with Crippen LogP contribution in [0.3, 0.4) is 0 Å². The van der Waals surface area contributed by atoms with E-state index in [0.29, 0.717) is 6.42 Å². The lowest BCUT2D eigenvalue weighted by molar-refractivity contribution is -0.140. The number of hydrogen-bond donors (Lipinski definition) is 2. The van der Waals surface area contributed by atoms with Crippen molar-refractivity contribution in [2.24, 2.45) is 0 Å². The van der Waals surface area contributed by atoms with E-state index in [1.807, 2.05) is 0 Å². The number of aromatic amines is 1. The lowest BCUT2D eigenvalue weighted by atomic mass is 10.2. The molecule has 1 atom stereocenters. The normalized spacial score (nSPS) is 19.9. The van der Waals surface area contributed by atoms with Crippen LogP contribution in [0, 0.1) is 0 Å². The minimum atomic E-state index is -3.94. The molecule has 0 unspecified atom stereocenters. The second-order valence-corrected chi connectivity index (χ2v) is 6.24. The van der Waals surface area contributed by atoms with Crippen molar-refractivity contribution in [1.82, 2.24) is 9.29 Å². The first-order chi connectivity index (χ1) is 9.37. The number of hydrogen-bond acceptors (Lipinski definition) is 5. The first-order valence-corrected chi connectivity index (χ1v) is 7.33. The third-order valence-electron chi connectivity index (χ3n) is 3.16. The largest absolute Gasteiger partial charge is 0.480 e. The Bertz CT molecular complexity index is 635. The quantitative estimate of drug-likeness (QED) is 0.758. The Hall–Kier alpha value is -1.87. The van der Waals surface area contributed by atoms with Gasteiger partial charge >= 0.3 is 11.9 Å². The van der Waals surface area contributed by atoms with Gasteiger partial charge in [-0.05, 0) is 18.9 Å². The van der Waals surface area contributed by atoms with Gasteiger partial charge in [0, 0.05) is 12.7 Å². The van der Waals surface area contributed by atoms with E-state index in [9.17, 15) is 18.0 Å². The van der Waals surface area contributed by atoms with E-state index >= 15 is 0 Å². The van der Waals surface area contributed by atoms with Crippen molar-refractivity contribution in [1.29, 1.82) is 0 Å². The number of methoxy groups -OCH3 is 1. The number of sulfonamides is 1. The van der Waals surface area contributed by atoms with Gasteiger partial charge in [-0.15, -0.1) is 0 Å². The zero-order valence-electron chi connectivity index (χ0n) is 10.7. The number of carboxylic acids is 1. The average Bonchev–Trinajstić information content (AvgIpc) is 3.06. The molecule has 8 nitrogen and oxygen atoms in total. The second-order valence-electron chi connectivity index (χ2n) is 4.35. The van der Waals surface area contributed by atoms with Crippen LogP contribution in [0.4, 0.5) is 0 Å². The lowest BCUT2D eigenvalue weighted by Gasteiger charge is -2.19. The molecule has 0 amide bonds. The van der Waals surface area contributed by atoms with Crippen molar-refractivity contribution in [2.45, 2.75) is 23.8 Å². The molecule has 110 valence electrons. The summed E-state index contributed by atoms with van der Waals surface area (Å²) in [6, 6.07) is 0.0785. The van der Waals surface area contributed by atoms with Crippen molar-refractivity contribution in [2.75, 3.05) is 13.7 Å². The van der Waals surface area contributed by atoms with E-state index in [0.717, 1.165) is 16.6 Å². The van der Waals surface area contributed by atoms with Gasteiger partial charge in [-0.3, -0.25) is 4.79 Å². The number of aromatic nitrogens is 1. The van der Waals surface area contributed by atoms with Crippen LogP contribution in [0.15, 0.2) is 17.2 Å². The van der Waals surface area contributed by atoms with Gasteiger partial charge in [0.2, 0.25) is 10.0 Å². The Balaban J connectivity index is 2.33. The highest BCUT2D eigenvalue weighted by Crippen LogP contribution is 2.26. The third kappa shape index (κ3) is 2.41. The number of carboxylic acid groups (broad SMARTS) is 1. The molecule has 2 N–H and O–H groups in total. The monoisotopic (exact) mass is 302 g/mol. The van der Waals surface area contributed by atoms with Crippen LogP contribution in [-0.2, 0) is 19.6 Å². The summed E-state index contributed by atoms with van der Waals surface area (Å²) in [6.45, 7) is 0.151. The van der Waals surface area contributed by atoms with Gasteiger partial charge in [0.1, 0.15) is 16.6 Å². The third-order valence-corrected chi connectivity index (χ3v) is 5.04. The highest BCUT2D eigenvalue weighted by molar-refractivity contribution is 7.89. The van der Waals surface area contributed by atoms with Crippen molar-refractivity contribution >= 4 is 22.0 Å². The van der Waals surface area contributed by atoms with Crippen LogP contribution < -0.4 is 0 Å². The number of nitrogens with zero attached hydrogens (tertiary/aromatic N) is 1. The van der Waals surface area contributed by atoms with Crippen LogP contribution in [-0.4, -0.2) is 54.4 Å². The maximum atomic E-state index is 12.4. The van der Waals surface area contributed by atoms with Crippen molar-refractivity contribution in [3.63, 3.8) is 0 Å². The van der Waals surface area contributed by atoms with Gasteiger partial charge in [-0.25, -0.2) is 13.2 Å². The zero-order valence-corrected chi connectivity index (χ0v) is 11.5. The summed E-state index contributed by atoms with van der Waals surface area (Å²) in [4.78, 5) is 24.7. The van der Waals surface area contributed by atoms with E-state index in [1.54, 1.807) is 0 Å². The summed E-state index contributed by atoms with van der Waals surface area (Å²) in [6.07, 6.45) is 1.92. The number of ether oxygens (including phenoxy) is 1. The predicted octanol–water partition coefficient (Wildman–Crippen LogP) is 0.0390. The fraction of sp³-hybridized carbons (Fsp3) is 0.455. The molecule has 0 radical (unpaired) electrons. The summed E-state index contributed by atoms with van der Waals surface area (Å²) in [5, 5.41) is 9.04. The Kier molecular flexibility index (Phi) is 3.82. The maximum Gasteiger partial charge on any atom is 0.354 e. The lowest BCUT2D eigenvalue weighted by Crippen LogP contribution is -2.40. The molecule has 0 spiro atoms. The highest BCUT2D eigenvalue weighted by atomic mass is 32.2. The molecule has 1 aromatic rings. The number of carbonyl (C=O) groups is 2. The van der Waals surface area contributed by atoms with Crippen LogP contribution >= 0.6 is 0 Å². The fourth-order valence-corrected chi connectivity index (χ4v) is 3.81. The minimum Gasteiger partial charge on any atom is -0.480 e. The number of carbonyl (C=O) groups excluding carboxylic acids is 1. The summed E-state index contributed by atoms with van der Waals surface area (Å²) in [5.74, 6) is -1.86. The summed E-state index contributed by atoms with van der Waals surface area (Å²) >= 11 is 0. The topological polar surface area (TPSA) is 117 Å². The number of H-pyrrole nitrogens is 1. The summed E-state index contributed by atoms with van der Waals surface area (Å²) < 4.78 is 30.1. The molecule has 0 saturated carbocycles. The molecule has 1 fully saturated rings. The van der Waals surface area contributed by atoms with E-state index in [-0.39, 0.29) is 23.6 Å². The average molecular weight is 302 g/mol. The van der Waals surface area contributed by atoms with E-state index in [1.165, 1.54) is 7.11 Å². The molecule has 1 aliphatic rings. The van der Waals surface area contributed by atoms with Gasteiger partial charge < -0.3 is 14.8 Å². The number of nitrogens with one attached hydrogen (secondary N) is 1. The van der Waals surface area contributed by atoms with Crippen LogP contribution in [0.5, 0.6) is 0 Å². The number of esters is 1. The maximum absolute atomic E-state index is 12.4. The van der Waals surface area contributed by atoms with Gasteiger partial charge in [-0.2, -0.15) is 4.31 Å². The summed E-state index contributed by atoms with van der Waals surface area (Å²) in [5.41, 5.74) is -0.00264. The zero-order chi connectivity index (χ0) is 14.9. The van der Waals surface area contributed by atoms with Crippen molar-refractivity contribution in [3.8, 4) is 0 Å². The minimum absolute atomic E-state index is 0.00264. The van der Waals surface area contributed by atoms with E-state index < -0.39 is 28.0 Å². The number of aliphatic carboxylic acids is 1. The Labute approximate surface area is 115 Å². The molecule has 1 aliphatic heterocycles. The SMILES string of the molecule is COC(=O)c1cc(S(=O)(=O)N2CCC[C@H]2C(=O)O)c[nH]1. The highest BCUT2D eigenvalue weighted by Gasteiger charge is 2.40. The van der Waals surface area contributed by atoms with Crippen LogP contribution in [0.25, 0.3) is 0 Å².